The van der Waals surface area contributed by atoms with Gasteiger partial charge in [0.15, 0.2) is 0 Å². The van der Waals surface area contributed by atoms with Crippen molar-refractivity contribution in [3.63, 3.8) is 0 Å². The molecule has 0 aliphatic carbocycles. The van der Waals surface area contributed by atoms with Crippen molar-refractivity contribution in [3.05, 3.63) is 81.4 Å². The van der Waals surface area contributed by atoms with Crippen LogP contribution in [-0.2, 0) is 0 Å². The summed E-state index contributed by atoms with van der Waals surface area (Å²) in [6.07, 6.45) is -0.771. The van der Waals surface area contributed by atoms with E-state index in [0.29, 0.717) is 16.3 Å². The van der Waals surface area contributed by atoms with Crippen molar-refractivity contribution in [1.29, 1.82) is 0 Å². The third-order valence-electron chi connectivity index (χ3n) is 3.91. The molecule has 3 aromatic rings. The molecule has 28 heavy (non-hydrogen) atoms. The molecule has 0 spiro atoms. The second kappa shape index (κ2) is 8.33. The average molecular weight is 402 g/mol. The topological polar surface area (TPSA) is 84.2 Å². The van der Waals surface area contributed by atoms with Crippen LogP contribution in [0.1, 0.15) is 17.3 Å². The highest BCUT2D eigenvalue weighted by atomic mass is 35.5. The van der Waals surface area contributed by atoms with Crippen LogP contribution in [0.4, 0.5) is 4.39 Å². The van der Waals surface area contributed by atoms with Crippen LogP contribution in [0, 0.1) is 5.82 Å². The molecule has 8 heteroatoms. The fourth-order valence-corrected chi connectivity index (χ4v) is 2.66. The number of hydrogen-bond donors (Lipinski definition) is 2. The minimum atomic E-state index is -0.771. The van der Waals surface area contributed by atoms with Crippen LogP contribution in [0.3, 0.4) is 0 Å². The van der Waals surface area contributed by atoms with Crippen molar-refractivity contribution in [2.45, 2.75) is 13.0 Å². The highest BCUT2D eigenvalue weighted by Gasteiger charge is 2.18. The lowest BCUT2D eigenvalue weighted by Crippen LogP contribution is -2.36. The normalized spacial score (nSPS) is 11.9. The number of aromatic nitrogens is 2. The molecule has 0 aliphatic rings. The van der Waals surface area contributed by atoms with Gasteiger partial charge in [0.25, 0.3) is 11.5 Å². The number of carbonyl (C=O) groups is 1. The molecule has 0 aliphatic heterocycles. The van der Waals surface area contributed by atoms with Crippen molar-refractivity contribution in [3.8, 4) is 16.9 Å². The molecule has 0 saturated heterocycles. The maximum Gasteiger partial charge on any atom is 0.284 e. The summed E-state index contributed by atoms with van der Waals surface area (Å²) in [5.74, 6) is -1.20. The monoisotopic (exact) mass is 401 g/mol. The fourth-order valence-electron chi connectivity index (χ4n) is 2.54. The Morgan fingerprint density at radius 2 is 1.96 bits per heavy atom. The van der Waals surface area contributed by atoms with Gasteiger partial charge in [0.05, 0.1) is 17.5 Å². The van der Waals surface area contributed by atoms with Crippen molar-refractivity contribution in [1.82, 2.24) is 15.1 Å². The quantitative estimate of drug-likeness (QED) is 0.688. The van der Waals surface area contributed by atoms with Crippen LogP contribution in [0.5, 0.6) is 0 Å². The van der Waals surface area contributed by atoms with Crippen LogP contribution >= 0.6 is 11.6 Å². The lowest BCUT2D eigenvalue weighted by Gasteiger charge is -2.12. The van der Waals surface area contributed by atoms with Gasteiger partial charge in [0, 0.05) is 17.1 Å². The van der Waals surface area contributed by atoms with Gasteiger partial charge in [0.2, 0.25) is 0 Å². The molecule has 1 amide bonds. The Balaban J connectivity index is 2.17. The summed E-state index contributed by atoms with van der Waals surface area (Å²) in [7, 11) is 0. The number of aliphatic hydroxyl groups is 1. The van der Waals surface area contributed by atoms with Gasteiger partial charge in [-0.2, -0.15) is 9.78 Å². The van der Waals surface area contributed by atoms with Crippen LogP contribution in [0.15, 0.2) is 59.4 Å². The van der Waals surface area contributed by atoms with E-state index >= 15 is 0 Å². The lowest BCUT2D eigenvalue weighted by molar-refractivity contribution is 0.0922. The second-order valence-corrected chi connectivity index (χ2v) is 6.64. The lowest BCUT2D eigenvalue weighted by atomic mass is 10.1. The predicted octanol–water partition coefficient (Wildman–Crippen LogP) is 2.80. The van der Waals surface area contributed by atoms with E-state index in [-0.39, 0.29) is 17.8 Å². The van der Waals surface area contributed by atoms with Gasteiger partial charge >= 0.3 is 0 Å². The zero-order valence-electron chi connectivity index (χ0n) is 14.9. The molecule has 0 radical (unpaired) electrons. The second-order valence-electron chi connectivity index (χ2n) is 6.21. The molecule has 1 heterocycles. The van der Waals surface area contributed by atoms with E-state index < -0.39 is 23.4 Å². The molecule has 3 rings (SSSR count). The molecule has 6 nitrogen and oxygen atoms in total. The fraction of sp³-hybridized carbons (Fsp3) is 0.150. The summed E-state index contributed by atoms with van der Waals surface area (Å²) in [4.78, 5) is 25.3. The zero-order chi connectivity index (χ0) is 20.3. The molecule has 144 valence electrons. The van der Waals surface area contributed by atoms with E-state index in [0.717, 1.165) is 10.7 Å². The first kappa shape index (κ1) is 19.7. The maximum atomic E-state index is 13.7. The minimum absolute atomic E-state index is 0.0170. The summed E-state index contributed by atoms with van der Waals surface area (Å²) >= 11 is 5.92. The number of aliphatic hydroxyl groups excluding tert-OH is 1. The number of hydrogen-bond acceptors (Lipinski definition) is 4. The van der Waals surface area contributed by atoms with Crippen LogP contribution in [0.25, 0.3) is 16.9 Å². The number of halogens is 2. The van der Waals surface area contributed by atoms with Crippen LogP contribution < -0.4 is 10.9 Å². The maximum absolute atomic E-state index is 13.7. The SMILES string of the molecule is CC(O)CNC(=O)c1cc(-c2ccc(Cl)cc2)nn(-c2cccc(F)c2)c1=O. The summed E-state index contributed by atoms with van der Waals surface area (Å²) in [6, 6.07) is 13.4. The largest absolute Gasteiger partial charge is 0.392 e. The molecule has 0 fully saturated rings. The van der Waals surface area contributed by atoms with Crippen molar-refractivity contribution >= 4 is 17.5 Å². The highest BCUT2D eigenvalue weighted by Crippen LogP contribution is 2.20. The third-order valence-corrected chi connectivity index (χ3v) is 4.16. The number of rotatable bonds is 5. The van der Waals surface area contributed by atoms with Gasteiger partial charge in [-0.25, -0.2) is 4.39 Å². The van der Waals surface area contributed by atoms with E-state index in [9.17, 15) is 19.1 Å². The third kappa shape index (κ3) is 4.44. The Morgan fingerprint density at radius 1 is 1.25 bits per heavy atom. The number of nitrogens with zero attached hydrogens (tertiary/aromatic N) is 2. The molecular weight excluding hydrogens is 385 g/mol. The Kier molecular flexibility index (Phi) is 5.87. The Hall–Kier alpha value is -3.03. The van der Waals surface area contributed by atoms with Crippen molar-refractivity contribution < 1.29 is 14.3 Å². The molecule has 0 bridgehead atoms. The molecule has 1 aromatic heterocycles. The van der Waals surface area contributed by atoms with E-state index in [1.807, 2.05) is 0 Å². The van der Waals surface area contributed by atoms with Crippen molar-refractivity contribution in [2.24, 2.45) is 0 Å². The first-order chi connectivity index (χ1) is 13.3. The predicted molar refractivity (Wildman–Crippen MR) is 104 cm³/mol. The number of carbonyl (C=O) groups excluding carboxylic acids is 1. The van der Waals surface area contributed by atoms with Crippen LogP contribution in [0.2, 0.25) is 5.02 Å². The summed E-state index contributed by atoms with van der Waals surface area (Å²) in [5, 5.41) is 16.7. The molecular formula is C20H17ClFN3O3. The smallest absolute Gasteiger partial charge is 0.284 e. The molecule has 1 atom stereocenters. The summed E-state index contributed by atoms with van der Waals surface area (Å²) in [6.45, 7) is 1.49. The Labute approximate surface area is 165 Å². The molecule has 2 aromatic carbocycles. The summed E-state index contributed by atoms with van der Waals surface area (Å²) < 4.78 is 14.6. The van der Waals surface area contributed by atoms with Crippen molar-refractivity contribution in [2.75, 3.05) is 6.54 Å². The number of benzene rings is 2. The first-order valence-corrected chi connectivity index (χ1v) is 8.85. The van der Waals surface area contributed by atoms with E-state index in [1.54, 1.807) is 24.3 Å². The average Bonchev–Trinajstić information content (AvgIpc) is 2.67. The standard InChI is InChI=1S/C20H17ClFN3O3/c1-12(26)11-23-19(27)17-10-18(13-5-7-14(21)8-6-13)24-25(20(17)28)16-4-2-3-15(22)9-16/h2-10,12,26H,11H2,1H3,(H,23,27). The van der Waals surface area contributed by atoms with E-state index in [2.05, 4.69) is 10.4 Å². The van der Waals surface area contributed by atoms with Gasteiger partial charge < -0.3 is 10.4 Å². The number of amides is 1. The minimum Gasteiger partial charge on any atom is -0.392 e. The zero-order valence-corrected chi connectivity index (χ0v) is 15.7. The van der Waals surface area contributed by atoms with E-state index in [1.165, 1.54) is 31.2 Å². The molecule has 2 N–H and O–H groups in total. The highest BCUT2D eigenvalue weighted by molar-refractivity contribution is 6.30. The van der Waals surface area contributed by atoms with Gasteiger partial charge in [-0.05, 0) is 43.3 Å². The Bertz CT molecular complexity index is 1070. The Morgan fingerprint density at radius 3 is 2.61 bits per heavy atom. The molecule has 1 unspecified atom stereocenters. The van der Waals surface area contributed by atoms with Crippen LogP contribution in [-0.4, -0.2) is 33.4 Å². The van der Waals surface area contributed by atoms with E-state index in [4.69, 9.17) is 11.6 Å². The summed E-state index contributed by atoms with van der Waals surface area (Å²) in [5.41, 5.74) is 0.267. The number of nitrogens with one attached hydrogen (secondary N) is 1. The first-order valence-electron chi connectivity index (χ1n) is 8.47. The van der Waals surface area contributed by atoms with Gasteiger partial charge in [-0.15, -0.1) is 0 Å². The van der Waals surface area contributed by atoms with Gasteiger partial charge in [0.1, 0.15) is 11.4 Å². The van der Waals surface area contributed by atoms with Gasteiger partial charge in [-0.3, -0.25) is 9.59 Å². The van der Waals surface area contributed by atoms with Gasteiger partial charge in [-0.1, -0.05) is 29.8 Å². The molecule has 0 saturated carbocycles.